The molecule has 0 aliphatic heterocycles. The maximum Gasteiger partial charge on any atom is 0.277 e. The van der Waals surface area contributed by atoms with Gasteiger partial charge in [0.15, 0.2) is 6.61 Å². The van der Waals surface area contributed by atoms with E-state index in [1.54, 1.807) is 19.1 Å². The van der Waals surface area contributed by atoms with Crippen molar-refractivity contribution in [3.63, 3.8) is 0 Å². The Hall–Kier alpha value is -2.57. The molecule has 1 aliphatic carbocycles. The van der Waals surface area contributed by atoms with Crippen LogP contribution in [0.4, 0.5) is 5.69 Å². The third-order valence-electron chi connectivity index (χ3n) is 4.10. The molecule has 2 amide bonds. The number of halogens is 2. The lowest BCUT2D eigenvalue weighted by Gasteiger charge is -2.08. The standard InChI is InChI=1S/C20H19Cl2N3O3/c1-12(14-3-2-4-16(9-14)23-20(27)13-5-6-13)24-25-19(26)11-28-18-8-7-15(21)10-17(18)22/h2-4,7-10,13H,5-6,11H2,1H3,(H,23,27)(H,25,26). The summed E-state index contributed by atoms with van der Waals surface area (Å²) >= 11 is 11.8. The largest absolute Gasteiger partial charge is 0.482 e. The van der Waals surface area contributed by atoms with Gasteiger partial charge >= 0.3 is 0 Å². The van der Waals surface area contributed by atoms with Gasteiger partial charge in [0.2, 0.25) is 5.91 Å². The molecule has 3 rings (SSSR count). The summed E-state index contributed by atoms with van der Waals surface area (Å²) in [6, 6.07) is 12.1. The third-order valence-corrected chi connectivity index (χ3v) is 4.63. The molecule has 2 aromatic rings. The minimum absolute atomic E-state index is 0.0399. The predicted molar refractivity (Wildman–Crippen MR) is 110 cm³/mol. The smallest absolute Gasteiger partial charge is 0.277 e. The molecular weight excluding hydrogens is 401 g/mol. The Kier molecular flexibility index (Phi) is 6.54. The average molecular weight is 420 g/mol. The number of benzene rings is 2. The molecule has 0 unspecified atom stereocenters. The number of nitrogens with one attached hydrogen (secondary N) is 2. The van der Waals surface area contributed by atoms with E-state index in [-0.39, 0.29) is 18.4 Å². The molecule has 28 heavy (non-hydrogen) atoms. The normalized spacial score (nSPS) is 13.8. The molecule has 0 bridgehead atoms. The second-order valence-corrected chi connectivity index (χ2v) is 7.28. The van der Waals surface area contributed by atoms with E-state index in [9.17, 15) is 9.59 Å². The molecule has 0 radical (unpaired) electrons. The molecule has 2 aromatic carbocycles. The Morgan fingerprint density at radius 3 is 2.68 bits per heavy atom. The summed E-state index contributed by atoms with van der Waals surface area (Å²) in [5, 5.41) is 7.78. The molecule has 146 valence electrons. The van der Waals surface area contributed by atoms with Gasteiger partial charge in [0.1, 0.15) is 5.75 Å². The van der Waals surface area contributed by atoms with Crippen molar-refractivity contribution in [2.75, 3.05) is 11.9 Å². The van der Waals surface area contributed by atoms with Crippen LogP contribution in [0.2, 0.25) is 10.0 Å². The van der Waals surface area contributed by atoms with Crippen molar-refractivity contribution < 1.29 is 14.3 Å². The number of amides is 2. The van der Waals surface area contributed by atoms with Gasteiger partial charge in [-0.2, -0.15) is 5.10 Å². The monoisotopic (exact) mass is 419 g/mol. The molecule has 0 spiro atoms. The number of ether oxygens (including phenoxy) is 1. The Morgan fingerprint density at radius 1 is 1.18 bits per heavy atom. The highest BCUT2D eigenvalue weighted by Crippen LogP contribution is 2.30. The Balaban J connectivity index is 1.54. The maximum atomic E-state index is 12.0. The topological polar surface area (TPSA) is 79.8 Å². The number of carbonyl (C=O) groups excluding carboxylic acids is 2. The maximum absolute atomic E-state index is 12.0. The van der Waals surface area contributed by atoms with Crippen LogP contribution in [0.5, 0.6) is 5.75 Å². The molecule has 1 aliphatic rings. The summed E-state index contributed by atoms with van der Waals surface area (Å²) in [6.45, 7) is 1.52. The van der Waals surface area contributed by atoms with Crippen LogP contribution in [0.15, 0.2) is 47.6 Å². The SMILES string of the molecule is CC(=NNC(=O)COc1ccc(Cl)cc1Cl)c1cccc(NC(=O)C2CC2)c1. The number of nitrogens with zero attached hydrogens (tertiary/aromatic N) is 1. The van der Waals surface area contributed by atoms with E-state index >= 15 is 0 Å². The molecule has 1 saturated carbocycles. The zero-order chi connectivity index (χ0) is 20.1. The van der Waals surface area contributed by atoms with Crippen LogP contribution in [0.25, 0.3) is 0 Å². The molecule has 8 heteroatoms. The van der Waals surface area contributed by atoms with E-state index in [0.717, 1.165) is 18.4 Å². The molecule has 1 fully saturated rings. The van der Waals surface area contributed by atoms with Gasteiger partial charge in [-0.1, -0.05) is 35.3 Å². The minimum atomic E-state index is -0.427. The lowest BCUT2D eigenvalue weighted by Crippen LogP contribution is -2.25. The Labute approximate surface area is 172 Å². The summed E-state index contributed by atoms with van der Waals surface area (Å²) in [5.74, 6) is 0.106. The predicted octanol–water partition coefficient (Wildman–Crippen LogP) is 4.26. The van der Waals surface area contributed by atoms with Gasteiger partial charge in [-0.05, 0) is 55.7 Å². The number of carbonyl (C=O) groups is 2. The molecule has 0 aromatic heterocycles. The van der Waals surface area contributed by atoms with E-state index in [2.05, 4.69) is 15.8 Å². The minimum Gasteiger partial charge on any atom is -0.482 e. The highest BCUT2D eigenvalue weighted by atomic mass is 35.5. The third kappa shape index (κ3) is 5.71. The van der Waals surface area contributed by atoms with Crippen molar-refractivity contribution in [1.29, 1.82) is 0 Å². The molecule has 0 saturated heterocycles. The summed E-state index contributed by atoms with van der Waals surface area (Å²) in [6.07, 6.45) is 1.89. The first kappa shape index (κ1) is 20.2. The number of rotatable bonds is 7. The van der Waals surface area contributed by atoms with Gasteiger partial charge in [-0.25, -0.2) is 5.43 Å². The second-order valence-electron chi connectivity index (χ2n) is 6.44. The Bertz CT molecular complexity index is 927. The first-order valence-electron chi connectivity index (χ1n) is 8.74. The quantitative estimate of drug-likeness (QED) is 0.519. The van der Waals surface area contributed by atoms with E-state index in [1.807, 2.05) is 24.3 Å². The molecular formula is C20H19Cl2N3O3. The average Bonchev–Trinajstić information content (AvgIpc) is 3.51. The molecule has 0 atom stereocenters. The van der Waals surface area contributed by atoms with Gasteiger partial charge < -0.3 is 10.1 Å². The van der Waals surface area contributed by atoms with Crippen LogP contribution >= 0.6 is 23.2 Å². The number of hydrazone groups is 1. The van der Waals surface area contributed by atoms with Gasteiger partial charge in [0.05, 0.1) is 10.7 Å². The first-order chi connectivity index (χ1) is 13.4. The van der Waals surface area contributed by atoms with Crippen molar-refractivity contribution in [2.45, 2.75) is 19.8 Å². The highest BCUT2D eigenvalue weighted by Gasteiger charge is 2.29. The fourth-order valence-corrected chi connectivity index (χ4v) is 2.85. The summed E-state index contributed by atoms with van der Waals surface area (Å²) < 4.78 is 5.36. The Morgan fingerprint density at radius 2 is 1.96 bits per heavy atom. The van der Waals surface area contributed by atoms with E-state index in [1.165, 1.54) is 6.07 Å². The van der Waals surface area contributed by atoms with Crippen molar-refractivity contribution in [2.24, 2.45) is 11.0 Å². The zero-order valence-electron chi connectivity index (χ0n) is 15.2. The van der Waals surface area contributed by atoms with Crippen LogP contribution in [-0.2, 0) is 9.59 Å². The fourth-order valence-electron chi connectivity index (χ4n) is 2.39. The fraction of sp³-hybridized carbons (Fsp3) is 0.250. The van der Waals surface area contributed by atoms with Gasteiger partial charge in [0, 0.05) is 16.6 Å². The molecule has 6 nitrogen and oxygen atoms in total. The van der Waals surface area contributed by atoms with Gasteiger partial charge in [0.25, 0.3) is 5.91 Å². The van der Waals surface area contributed by atoms with Crippen molar-refractivity contribution in [3.8, 4) is 5.75 Å². The van der Waals surface area contributed by atoms with Crippen LogP contribution < -0.4 is 15.5 Å². The van der Waals surface area contributed by atoms with Gasteiger partial charge in [-0.15, -0.1) is 0 Å². The number of hydrogen-bond acceptors (Lipinski definition) is 4. The zero-order valence-corrected chi connectivity index (χ0v) is 16.7. The van der Waals surface area contributed by atoms with Crippen molar-refractivity contribution in [3.05, 3.63) is 58.1 Å². The van der Waals surface area contributed by atoms with E-state index in [0.29, 0.717) is 27.2 Å². The first-order valence-corrected chi connectivity index (χ1v) is 9.50. The summed E-state index contributed by atoms with van der Waals surface area (Å²) in [7, 11) is 0. The van der Waals surface area contributed by atoms with E-state index in [4.69, 9.17) is 27.9 Å². The molecule has 2 N–H and O–H groups in total. The van der Waals surface area contributed by atoms with Crippen LogP contribution in [-0.4, -0.2) is 24.1 Å². The van der Waals surface area contributed by atoms with Crippen LogP contribution in [0.3, 0.4) is 0 Å². The van der Waals surface area contributed by atoms with Crippen molar-refractivity contribution >= 4 is 46.4 Å². The van der Waals surface area contributed by atoms with Gasteiger partial charge in [-0.3, -0.25) is 9.59 Å². The number of hydrogen-bond donors (Lipinski definition) is 2. The highest BCUT2D eigenvalue weighted by molar-refractivity contribution is 6.35. The van der Waals surface area contributed by atoms with Crippen molar-refractivity contribution in [1.82, 2.24) is 5.43 Å². The van der Waals surface area contributed by atoms with Crippen LogP contribution in [0, 0.1) is 5.92 Å². The summed E-state index contributed by atoms with van der Waals surface area (Å²) in [4.78, 5) is 23.8. The lowest BCUT2D eigenvalue weighted by molar-refractivity contribution is -0.123. The van der Waals surface area contributed by atoms with Crippen LogP contribution in [0.1, 0.15) is 25.3 Å². The summed E-state index contributed by atoms with van der Waals surface area (Å²) in [5.41, 5.74) is 4.53. The van der Waals surface area contributed by atoms with E-state index < -0.39 is 5.91 Å². The molecule has 0 heterocycles. The second kappa shape index (κ2) is 9.08. The lowest BCUT2D eigenvalue weighted by atomic mass is 10.1. The number of anilines is 1.